The molecule has 0 aromatic heterocycles. The fraction of sp³-hybridized carbons (Fsp3) is 1.00. The van der Waals surface area contributed by atoms with E-state index in [9.17, 15) is 5.11 Å². The predicted molar refractivity (Wildman–Crippen MR) is 69.4 cm³/mol. The van der Waals surface area contributed by atoms with E-state index in [-0.39, 0.29) is 12.6 Å². The molecule has 1 rings (SSSR count). The summed E-state index contributed by atoms with van der Waals surface area (Å²) in [6, 6.07) is 0.837. The van der Waals surface area contributed by atoms with E-state index in [0.717, 1.165) is 5.92 Å². The van der Waals surface area contributed by atoms with Crippen molar-refractivity contribution < 1.29 is 5.11 Å². The van der Waals surface area contributed by atoms with E-state index in [2.05, 4.69) is 39.9 Å². The normalized spacial score (nSPS) is 31.7. The maximum absolute atomic E-state index is 9.36. The van der Waals surface area contributed by atoms with Gasteiger partial charge in [-0.25, -0.2) is 0 Å². The zero-order valence-corrected chi connectivity index (χ0v) is 11.6. The van der Waals surface area contributed by atoms with Crippen molar-refractivity contribution in [1.29, 1.82) is 0 Å². The first-order chi connectivity index (χ1) is 7.34. The van der Waals surface area contributed by atoms with Crippen LogP contribution in [0.25, 0.3) is 0 Å². The van der Waals surface area contributed by atoms with E-state index in [1.54, 1.807) is 0 Å². The molecule has 2 heteroatoms. The molecule has 96 valence electrons. The van der Waals surface area contributed by atoms with Crippen LogP contribution in [0.2, 0.25) is 0 Å². The van der Waals surface area contributed by atoms with Gasteiger partial charge in [0.1, 0.15) is 0 Å². The first-order valence-corrected chi connectivity index (χ1v) is 6.71. The first kappa shape index (κ1) is 14.0. The molecule has 2 N–H and O–H groups in total. The Kier molecular flexibility index (Phi) is 4.81. The summed E-state index contributed by atoms with van der Waals surface area (Å²) in [4.78, 5) is 0. The van der Waals surface area contributed by atoms with Crippen LogP contribution < -0.4 is 5.32 Å². The van der Waals surface area contributed by atoms with Gasteiger partial charge in [-0.05, 0) is 36.5 Å². The average Bonchev–Trinajstić information content (AvgIpc) is 2.10. The molecule has 0 heterocycles. The summed E-state index contributed by atoms with van der Waals surface area (Å²) in [6.45, 7) is 11.7. The SMILES string of the molecule is CC1CC(NC(CO)C(C)C)CC(C)(C)C1. The van der Waals surface area contributed by atoms with Crippen LogP contribution in [0.15, 0.2) is 0 Å². The largest absolute Gasteiger partial charge is 0.395 e. The van der Waals surface area contributed by atoms with Crippen molar-refractivity contribution in [3.63, 3.8) is 0 Å². The Labute approximate surface area is 101 Å². The molecular weight excluding hydrogens is 198 g/mol. The van der Waals surface area contributed by atoms with Crippen LogP contribution in [-0.4, -0.2) is 23.8 Å². The maximum atomic E-state index is 9.36. The Morgan fingerprint density at radius 1 is 1.31 bits per heavy atom. The lowest BCUT2D eigenvalue weighted by Gasteiger charge is -2.41. The van der Waals surface area contributed by atoms with Crippen LogP contribution in [0.1, 0.15) is 53.9 Å². The van der Waals surface area contributed by atoms with Crippen LogP contribution in [0.4, 0.5) is 0 Å². The lowest BCUT2D eigenvalue weighted by atomic mass is 9.70. The predicted octanol–water partition coefficient (Wildman–Crippen LogP) is 2.81. The second-order valence-corrected chi connectivity index (χ2v) is 6.81. The Morgan fingerprint density at radius 3 is 2.38 bits per heavy atom. The molecule has 0 amide bonds. The molecule has 0 bridgehead atoms. The lowest BCUT2D eigenvalue weighted by Crippen LogP contribution is -2.48. The highest BCUT2D eigenvalue weighted by Gasteiger charge is 2.33. The average molecular weight is 227 g/mol. The van der Waals surface area contributed by atoms with Crippen molar-refractivity contribution in [2.75, 3.05) is 6.61 Å². The minimum atomic E-state index is 0.253. The van der Waals surface area contributed by atoms with E-state index in [1.165, 1.54) is 19.3 Å². The highest BCUT2D eigenvalue weighted by molar-refractivity contribution is 4.88. The van der Waals surface area contributed by atoms with Gasteiger partial charge in [-0.2, -0.15) is 0 Å². The Morgan fingerprint density at radius 2 is 1.94 bits per heavy atom. The first-order valence-electron chi connectivity index (χ1n) is 6.71. The third kappa shape index (κ3) is 4.06. The summed E-state index contributed by atoms with van der Waals surface area (Å²) in [7, 11) is 0. The summed E-state index contributed by atoms with van der Waals surface area (Å²) in [5, 5.41) is 13.0. The van der Waals surface area contributed by atoms with Crippen molar-refractivity contribution >= 4 is 0 Å². The second kappa shape index (κ2) is 5.50. The van der Waals surface area contributed by atoms with Gasteiger partial charge in [-0.15, -0.1) is 0 Å². The van der Waals surface area contributed by atoms with Gasteiger partial charge in [0.2, 0.25) is 0 Å². The molecule has 2 nitrogen and oxygen atoms in total. The standard InChI is InChI=1S/C14H29NO/c1-10(2)13(9-16)15-12-6-11(3)7-14(4,5)8-12/h10-13,15-16H,6-9H2,1-5H3. The summed E-state index contributed by atoms with van der Waals surface area (Å²) in [6.07, 6.45) is 3.82. The number of aliphatic hydroxyl groups is 1. The highest BCUT2D eigenvalue weighted by Crippen LogP contribution is 2.38. The number of rotatable bonds is 4. The van der Waals surface area contributed by atoms with Crippen molar-refractivity contribution in [3.05, 3.63) is 0 Å². The maximum Gasteiger partial charge on any atom is 0.0587 e. The number of aliphatic hydroxyl groups excluding tert-OH is 1. The smallest absolute Gasteiger partial charge is 0.0587 e. The van der Waals surface area contributed by atoms with Gasteiger partial charge in [-0.3, -0.25) is 0 Å². The van der Waals surface area contributed by atoms with Crippen LogP contribution in [0.3, 0.4) is 0 Å². The van der Waals surface area contributed by atoms with Gasteiger partial charge >= 0.3 is 0 Å². The third-order valence-corrected chi connectivity index (χ3v) is 3.84. The molecule has 1 fully saturated rings. The molecule has 1 saturated carbocycles. The second-order valence-electron chi connectivity index (χ2n) is 6.81. The summed E-state index contributed by atoms with van der Waals surface area (Å²) in [5.74, 6) is 1.30. The van der Waals surface area contributed by atoms with Gasteiger partial charge in [0.25, 0.3) is 0 Å². The molecule has 16 heavy (non-hydrogen) atoms. The molecule has 0 aromatic carbocycles. The minimum absolute atomic E-state index is 0.253. The van der Waals surface area contributed by atoms with Gasteiger partial charge in [0, 0.05) is 12.1 Å². The topological polar surface area (TPSA) is 32.3 Å². The monoisotopic (exact) mass is 227 g/mol. The molecule has 0 aliphatic heterocycles. The number of hydrogen-bond acceptors (Lipinski definition) is 2. The summed E-state index contributed by atoms with van der Waals surface area (Å²) in [5.41, 5.74) is 0.451. The molecule has 0 aromatic rings. The fourth-order valence-electron chi connectivity index (χ4n) is 3.23. The Balaban J connectivity index is 2.53. The summed E-state index contributed by atoms with van der Waals surface area (Å²) < 4.78 is 0. The molecule has 3 atom stereocenters. The van der Waals surface area contributed by atoms with Gasteiger partial charge in [0.05, 0.1) is 6.61 Å². The number of nitrogens with one attached hydrogen (secondary N) is 1. The fourth-order valence-corrected chi connectivity index (χ4v) is 3.23. The molecule has 0 saturated heterocycles. The van der Waals surface area contributed by atoms with Crippen LogP contribution >= 0.6 is 0 Å². The summed E-state index contributed by atoms with van der Waals surface area (Å²) >= 11 is 0. The Hall–Kier alpha value is -0.0800. The molecule has 0 radical (unpaired) electrons. The quantitative estimate of drug-likeness (QED) is 0.774. The van der Waals surface area contributed by atoms with Crippen LogP contribution in [-0.2, 0) is 0 Å². The van der Waals surface area contributed by atoms with Gasteiger partial charge in [-0.1, -0.05) is 34.6 Å². The molecule has 1 aliphatic rings. The van der Waals surface area contributed by atoms with Crippen molar-refractivity contribution in [2.45, 2.75) is 66.0 Å². The molecule has 3 unspecified atom stereocenters. The van der Waals surface area contributed by atoms with E-state index < -0.39 is 0 Å². The highest BCUT2D eigenvalue weighted by atomic mass is 16.3. The number of hydrogen-bond donors (Lipinski definition) is 2. The zero-order chi connectivity index (χ0) is 12.3. The molecular formula is C14H29NO. The van der Waals surface area contributed by atoms with Gasteiger partial charge < -0.3 is 10.4 Å². The van der Waals surface area contributed by atoms with Gasteiger partial charge in [0.15, 0.2) is 0 Å². The van der Waals surface area contributed by atoms with Crippen LogP contribution in [0.5, 0.6) is 0 Å². The molecule has 1 aliphatic carbocycles. The zero-order valence-electron chi connectivity index (χ0n) is 11.6. The lowest BCUT2D eigenvalue weighted by molar-refractivity contribution is 0.121. The van der Waals surface area contributed by atoms with E-state index in [4.69, 9.17) is 0 Å². The van der Waals surface area contributed by atoms with E-state index in [0.29, 0.717) is 17.4 Å². The minimum Gasteiger partial charge on any atom is -0.395 e. The van der Waals surface area contributed by atoms with E-state index in [1.807, 2.05) is 0 Å². The van der Waals surface area contributed by atoms with Crippen LogP contribution in [0, 0.1) is 17.3 Å². The molecule has 0 spiro atoms. The van der Waals surface area contributed by atoms with Crippen molar-refractivity contribution in [1.82, 2.24) is 5.32 Å². The van der Waals surface area contributed by atoms with Crippen molar-refractivity contribution in [3.8, 4) is 0 Å². The Bertz CT molecular complexity index is 213. The third-order valence-electron chi connectivity index (χ3n) is 3.84. The van der Waals surface area contributed by atoms with Crippen molar-refractivity contribution in [2.24, 2.45) is 17.3 Å². The van der Waals surface area contributed by atoms with E-state index >= 15 is 0 Å².